The van der Waals surface area contributed by atoms with Crippen LogP contribution in [0, 0.1) is 0 Å². The van der Waals surface area contributed by atoms with E-state index < -0.39 is 0 Å². The summed E-state index contributed by atoms with van der Waals surface area (Å²) in [4.78, 5) is 16.4. The van der Waals surface area contributed by atoms with Gasteiger partial charge in [0.1, 0.15) is 0 Å². The number of carbonyl (C=O) groups is 1. The van der Waals surface area contributed by atoms with Crippen molar-refractivity contribution in [1.29, 1.82) is 0 Å². The Labute approximate surface area is 121 Å². The SMILES string of the molecule is CCc1ccc(CC(=O)c2ccc(N)c(Br)c2)nc1. The molecule has 2 aromatic rings. The Balaban J connectivity index is 2.13. The quantitative estimate of drug-likeness (QED) is 0.694. The Bertz CT molecular complexity index is 594. The number of aromatic nitrogens is 1. The minimum absolute atomic E-state index is 0.0393. The van der Waals surface area contributed by atoms with E-state index in [1.807, 2.05) is 18.3 Å². The average molecular weight is 319 g/mol. The number of halogens is 1. The number of aryl methyl sites for hydroxylation is 1. The van der Waals surface area contributed by atoms with Crippen LogP contribution in [-0.2, 0) is 12.8 Å². The molecule has 2 rings (SSSR count). The van der Waals surface area contributed by atoms with Crippen LogP contribution in [0.2, 0.25) is 0 Å². The number of benzene rings is 1. The molecule has 0 spiro atoms. The van der Waals surface area contributed by atoms with E-state index in [4.69, 9.17) is 5.73 Å². The third-order valence-electron chi connectivity index (χ3n) is 2.96. The number of anilines is 1. The lowest BCUT2D eigenvalue weighted by Gasteiger charge is -2.04. The number of hydrogen-bond donors (Lipinski definition) is 1. The van der Waals surface area contributed by atoms with Gasteiger partial charge in [-0.05, 0) is 52.2 Å². The number of hydrogen-bond acceptors (Lipinski definition) is 3. The van der Waals surface area contributed by atoms with E-state index >= 15 is 0 Å². The van der Waals surface area contributed by atoms with E-state index in [1.165, 1.54) is 5.56 Å². The monoisotopic (exact) mass is 318 g/mol. The third kappa shape index (κ3) is 3.41. The predicted octanol–water partition coefficient (Wildman–Crippen LogP) is 3.41. The molecule has 2 N–H and O–H groups in total. The van der Waals surface area contributed by atoms with Gasteiger partial charge in [0.2, 0.25) is 0 Å². The summed E-state index contributed by atoms with van der Waals surface area (Å²) in [6.45, 7) is 2.08. The van der Waals surface area contributed by atoms with Crippen molar-refractivity contribution in [3.63, 3.8) is 0 Å². The zero-order valence-electron chi connectivity index (χ0n) is 10.7. The first-order chi connectivity index (χ1) is 9.10. The zero-order chi connectivity index (χ0) is 13.8. The number of Topliss-reactive ketones (excluding diaryl/α,β-unsaturated/α-hetero) is 1. The van der Waals surface area contributed by atoms with E-state index in [1.54, 1.807) is 18.2 Å². The van der Waals surface area contributed by atoms with Gasteiger partial charge < -0.3 is 5.73 Å². The van der Waals surface area contributed by atoms with Gasteiger partial charge >= 0.3 is 0 Å². The van der Waals surface area contributed by atoms with E-state index in [9.17, 15) is 4.79 Å². The van der Waals surface area contributed by atoms with E-state index in [0.717, 1.165) is 16.6 Å². The standard InChI is InChI=1S/C15H15BrN2O/c1-2-10-3-5-12(18-9-10)8-15(19)11-4-6-14(17)13(16)7-11/h3-7,9H,2,8,17H2,1H3. The van der Waals surface area contributed by atoms with Gasteiger partial charge in [0.15, 0.2) is 5.78 Å². The van der Waals surface area contributed by atoms with Crippen molar-refractivity contribution < 1.29 is 4.79 Å². The maximum absolute atomic E-state index is 12.1. The number of nitrogens with zero attached hydrogens (tertiary/aromatic N) is 1. The summed E-state index contributed by atoms with van der Waals surface area (Å²) >= 11 is 3.33. The molecule has 0 aliphatic rings. The third-order valence-corrected chi connectivity index (χ3v) is 3.65. The fraction of sp³-hybridized carbons (Fsp3) is 0.200. The second-order valence-electron chi connectivity index (χ2n) is 4.35. The van der Waals surface area contributed by atoms with E-state index in [2.05, 4.69) is 27.8 Å². The van der Waals surface area contributed by atoms with Crippen LogP contribution in [0.1, 0.15) is 28.5 Å². The molecule has 1 heterocycles. The summed E-state index contributed by atoms with van der Waals surface area (Å²) in [6.07, 6.45) is 3.08. The van der Waals surface area contributed by atoms with Crippen molar-refractivity contribution in [2.24, 2.45) is 0 Å². The van der Waals surface area contributed by atoms with Crippen molar-refractivity contribution in [3.05, 3.63) is 57.8 Å². The average Bonchev–Trinajstić information content (AvgIpc) is 2.42. The highest BCUT2D eigenvalue weighted by Crippen LogP contribution is 2.21. The molecule has 0 aliphatic carbocycles. The van der Waals surface area contributed by atoms with Crippen molar-refractivity contribution in [2.75, 3.05) is 5.73 Å². The molecule has 0 amide bonds. The van der Waals surface area contributed by atoms with Crippen LogP contribution in [0.15, 0.2) is 41.0 Å². The summed E-state index contributed by atoms with van der Waals surface area (Å²) in [5, 5.41) is 0. The van der Waals surface area contributed by atoms with Crippen LogP contribution in [0.25, 0.3) is 0 Å². The molecule has 0 saturated heterocycles. The lowest BCUT2D eigenvalue weighted by molar-refractivity contribution is 0.0992. The van der Waals surface area contributed by atoms with Crippen molar-refractivity contribution >= 4 is 27.4 Å². The molecule has 0 radical (unpaired) electrons. The van der Waals surface area contributed by atoms with Crippen LogP contribution in [-0.4, -0.2) is 10.8 Å². The summed E-state index contributed by atoms with van der Waals surface area (Å²) in [7, 11) is 0. The molecule has 0 unspecified atom stereocenters. The molecule has 1 aromatic carbocycles. The second kappa shape index (κ2) is 5.97. The summed E-state index contributed by atoms with van der Waals surface area (Å²) in [5.41, 5.74) is 8.93. The zero-order valence-corrected chi connectivity index (χ0v) is 12.3. The number of nitrogens with two attached hydrogens (primary N) is 1. The molecule has 0 aliphatic heterocycles. The van der Waals surface area contributed by atoms with Crippen LogP contribution in [0.3, 0.4) is 0 Å². The number of pyridine rings is 1. The lowest BCUT2D eigenvalue weighted by Crippen LogP contribution is -2.05. The summed E-state index contributed by atoms with van der Waals surface area (Å²) in [5.74, 6) is 0.0393. The topological polar surface area (TPSA) is 56.0 Å². The Morgan fingerprint density at radius 3 is 2.68 bits per heavy atom. The van der Waals surface area contributed by atoms with E-state index in [-0.39, 0.29) is 5.78 Å². The van der Waals surface area contributed by atoms with Gasteiger partial charge in [-0.15, -0.1) is 0 Å². The molecule has 0 saturated carbocycles. The number of nitrogen functional groups attached to an aromatic ring is 1. The molecule has 98 valence electrons. The maximum Gasteiger partial charge on any atom is 0.168 e. The first-order valence-electron chi connectivity index (χ1n) is 6.12. The molecule has 4 heteroatoms. The van der Waals surface area contributed by atoms with Gasteiger partial charge in [0.05, 0.1) is 6.42 Å². The van der Waals surface area contributed by atoms with Crippen LogP contribution >= 0.6 is 15.9 Å². The van der Waals surface area contributed by atoms with Gasteiger partial charge in [0, 0.05) is 27.6 Å². The maximum atomic E-state index is 12.1. The fourth-order valence-electron chi connectivity index (χ4n) is 1.74. The van der Waals surface area contributed by atoms with Gasteiger partial charge in [-0.2, -0.15) is 0 Å². The van der Waals surface area contributed by atoms with Gasteiger partial charge in [-0.1, -0.05) is 13.0 Å². The number of ketones is 1. The highest BCUT2D eigenvalue weighted by Gasteiger charge is 2.09. The highest BCUT2D eigenvalue weighted by atomic mass is 79.9. The normalized spacial score (nSPS) is 10.4. The first-order valence-corrected chi connectivity index (χ1v) is 6.91. The summed E-state index contributed by atoms with van der Waals surface area (Å²) in [6, 6.07) is 9.13. The molecule has 1 aromatic heterocycles. The smallest absolute Gasteiger partial charge is 0.168 e. The van der Waals surface area contributed by atoms with Crippen LogP contribution < -0.4 is 5.73 Å². The van der Waals surface area contributed by atoms with Crippen molar-refractivity contribution in [2.45, 2.75) is 19.8 Å². The van der Waals surface area contributed by atoms with E-state index in [0.29, 0.717) is 17.7 Å². The van der Waals surface area contributed by atoms with Gasteiger partial charge in [-0.25, -0.2) is 0 Å². The Hall–Kier alpha value is -1.68. The molecular formula is C15H15BrN2O. The lowest BCUT2D eigenvalue weighted by atomic mass is 10.1. The minimum atomic E-state index is 0.0393. The molecule has 19 heavy (non-hydrogen) atoms. The van der Waals surface area contributed by atoms with Crippen LogP contribution in [0.5, 0.6) is 0 Å². The molecule has 0 atom stereocenters. The predicted molar refractivity (Wildman–Crippen MR) is 80.2 cm³/mol. The summed E-state index contributed by atoms with van der Waals surface area (Å²) < 4.78 is 0.743. The Kier molecular flexibility index (Phi) is 4.32. The first kappa shape index (κ1) is 13.7. The highest BCUT2D eigenvalue weighted by molar-refractivity contribution is 9.10. The van der Waals surface area contributed by atoms with Crippen LogP contribution in [0.4, 0.5) is 5.69 Å². The fourth-order valence-corrected chi connectivity index (χ4v) is 2.11. The Morgan fingerprint density at radius 2 is 2.11 bits per heavy atom. The van der Waals surface area contributed by atoms with Gasteiger partial charge in [0.25, 0.3) is 0 Å². The van der Waals surface area contributed by atoms with Crippen molar-refractivity contribution in [3.8, 4) is 0 Å². The minimum Gasteiger partial charge on any atom is -0.398 e. The molecular weight excluding hydrogens is 304 g/mol. The van der Waals surface area contributed by atoms with Gasteiger partial charge in [-0.3, -0.25) is 9.78 Å². The molecule has 0 bridgehead atoms. The largest absolute Gasteiger partial charge is 0.398 e. The Morgan fingerprint density at radius 1 is 1.32 bits per heavy atom. The molecule has 3 nitrogen and oxygen atoms in total. The number of carbonyl (C=O) groups excluding carboxylic acids is 1. The molecule has 0 fully saturated rings. The second-order valence-corrected chi connectivity index (χ2v) is 5.20. The number of rotatable bonds is 4. The van der Waals surface area contributed by atoms with Crippen molar-refractivity contribution in [1.82, 2.24) is 4.98 Å².